The number of nitrogen functional groups attached to an aromatic ring is 1. The number of rotatable bonds is 5. The van der Waals surface area contributed by atoms with Crippen molar-refractivity contribution in [1.82, 2.24) is 4.98 Å². The molecule has 6 heteroatoms. The quantitative estimate of drug-likeness (QED) is 0.827. The molecular weight excluding hydrogens is 243 g/mol. The summed E-state index contributed by atoms with van der Waals surface area (Å²) >= 11 is 0. The van der Waals surface area contributed by atoms with Crippen molar-refractivity contribution in [2.24, 2.45) is 0 Å². The largest absolute Gasteiger partial charge is 0.433 e. The van der Waals surface area contributed by atoms with Crippen molar-refractivity contribution in [3.8, 4) is 0 Å². The van der Waals surface area contributed by atoms with Crippen LogP contribution in [0.2, 0.25) is 0 Å². The number of aromatic nitrogens is 1. The van der Waals surface area contributed by atoms with Gasteiger partial charge in [-0.25, -0.2) is 4.98 Å². The van der Waals surface area contributed by atoms with Gasteiger partial charge in [-0.1, -0.05) is 19.8 Å². The van der Waals surface area contributed by atoms with Gasteiger partial charge >= 0.3 is 6.18 Å². The van der Waals surface area contributed by atoms with Gasteiger partial charge in [0.2, 0.25) is 0 Å². The number of halogens is 3. The Morgan fingerprint density at radius 1 is 1.33 bits per heavy atom. The summed E-state index contributed by atoms with van der Waals surface area (Å²) in [4.78, 5) is 5.05. The molecule has 1 heterocycles. The van der Waals surface area contributed by atoms with Gasteiger partial charge in [-0.15, -0.1) is 0 Å². The summed E-state index contributed by atoms with van der Waals surface area (Å²) in [6, 6.07) is 1.00. The second-order valence-electron chi connectivity index (χ2n) is 4.25. The fourth-order valence-electron chi connectivity index (χ4n) is 1.66. The second-order valence-corrected chi connectivity index (χ2v) is 4.25. The Bertz CT molecular complexity index is 391. The van der Waals surface area contributed by atoms with E-state index in [4.69, 9.17) is 5.73 Å². The van der Waals surface area contributed by atoms with E-state index in [0.29, 0.717) is 12.2 Å². The summed E-state index contributed by atoms with van der Waals surface area (Å²) < 4.78 is 37.6. The first-order chi connectivity index (χ1) is 8.36. The lowest BCUT2D eigenvalue weighted by Gasteiger charge is -2.21. The highest BCUT2D eigenvalue weighted by atomic mass is 19.4. The number of alkyl halides is 3. The normalized spacial score (nSPS) is 11.6. The van der Waals surface area contributed by atoms with Gasteiger partial charge in [0.1, 0.15) is 5.69 Å². The van der Waals surface area contributed by atoms with Gasteiger partial charge in [-0.3, -0.25) is 0 Å². The summed E-state index contributed by atoms with van der Waals surface area (Å²) in [6.45, 7) is 2.75. The highest BCUT2D eigenvalue weighted by Gasteiger charge is 2.33. The second kappa shape index (κ2) is 5.93. The van der Waals surface area contributed by atoms with E-state index in [9.17, 15) is 13.2 Å². The van der Waals surface area contributed by atoms with E-state index >= 15 is 0 Å². The SMILES string of the molecule is CCCCCN(C)c1cc(C(F)(F)F)ncc1N. The number of unbranched alkanes of at least 4 members (excludes halogenated alkanes) is 2. The maximum absolute atomic E-state index is 12.5. The Kier molecular flexibility index (Phi) is 4.81. The van der Waals surface area contributed by atoms with Gasteiger partial charge in [0, 0.05) is 13.6 Å². The van der Waals surface area contributed by atoms with Crippen molar-refractivity contribution in [1.29, 1.82) is 0 Å². The van der Waals surface area contributed by atoms with Crippen LogP contribution in [0, 0.1) is 0 Å². The average Bonchev–Trinajstić information content (AvgIpc) is 2.28. The zero-order chi connectivity index (χ0) is 13.8. The van der Waals surface area contributed by atoms with Crippen molar-refractivity contribution >= 4 is 11.4 Å². The molecule has 0 aliphatic carbocycles. The van der Waals surface area contributed by atoms with E-state index < -0.39 is 11.9 Å². The molecule has 0 saturated carbocycles. The van der Waals surface area contributed by atoms with Gasteiger partial charge in [0.25, 0.3) is 0 Å². The van der Waals surface area contributed by atoms with Crippen LogP contribution in [0.4, 0.5) is 24.5 Å². The van der Waals surface area contributed by atoms with Gasteiger partial charge in [-0.05, 0) is 12.5 Å². The van der Waals surface area contributed by atoms with Gasteiger partial charge in [0.15, 0.2) is 0 Å². The van der Waals surface area contributed by atoms with E-state index in [-0.39, 0.29) is 5.69 Å². The summed E-state index contributed by atoms with van der Waals surface area (Å²) in [5.74, 6) is 0. The van der Waals surface area contributed by atoms with E-state index in [1.165, 1.54) is 0 Å². The van der Waals surface area contributed by atoms with Gasteiger partial charge < -0.3 is 10.6 Å². The third kappa shape index (κ3) is 3.78. The van der Waals surface area contributed by atoms with Crippen molar-refractivity contribution < 1.29 is 13.2 Å². The van der Waals surface area contributed by atoms with Crippen LogP contribution < -0.4 is 10.6 Å². The molecule has 0 bridgehead atoms. The number of nitrogens with zero attached hydrogens (tertiary/aromatic N) is 2. The highest BCUT2D eigenvalue weighted by molar-refractivity contribution is 5.66. The fourth-order valence-corrected chi connectivity index (χ4v) is 1.66. The van der Waals surface area contributed by atoms with E-state index in [1.807, 2.05) is 0 Å². The minimum Gasteiger partial charge on any atom is -0.396 e. The van der Waals surface area contributed by atoms with Crippen molar-refractivity contribution in [2.75, 3.05) is 24.2 Å². The number of hydrogen-bond acceptors (Lipinski definition) is 3. The molecule has 0 aliphatic heterocycles. The lowest BCUT2D eigenvalue weighted by atomic mass is 10.2. The van der Waals surface area contributed by atoms with Crippen LogP contribution in [0.1, 0.15) is 31.9 Å². The third-order valence-corrected chi connectivity index (χ3v) is 2.71. The molecule has 18 heavy (non-hydrogen) atoms. The van der Waals surface area contributed by atoms with Crippen molar-refractivity contribution in [2.45, 2.75) is 32.4 Å². The molecular formula is C12H18F3N3. The molecule has 0 aliphatic rings. The molecule has 0 saturated heterocycles. The van der Waals surface area contributed by atoms with E-state index in [2.05, 4.69) is 11.9 Å². The monoisotopic (exact) mass is 261 g/mol. The van der Waals surface area contributed by atoms with Crippen LogP contribution >= 0.6 is 0 Å². The Morgan fingerprint density at radius 2 is 2.00 bits per heavy atom. The highest BCUT2D eigenvalue weighted by Crippen LogP contribution is 2.32. The molecule has 0 atom stereocenters. The molecule has 3 nitrogen and oxygen atoms in total. The predicted molar refractivity (Wildman–Crippen MR) is 66.4 cm³/mol. The zero-order valence-electron chi connectivity index (χ0n) is 10.6. The van der Waals surface area contributed by atoms with Crippen LogP contribution in [0.3, 0.4) is 0 Å². The first-order valence-electron chi connectivity index (χ1n) is 5.90. The molecule has 1 aromatic heterocycles. The minimum absolute atomic E-state index is 0.266. The number of nitrogens with two attached hydrogens (primary N) is 1. The first-order valence-corrected chi connectivity index (χ1v) is 5.90. The molecule has 2 N–H and O–H groups in total. The lowest BCUT2D eigenvalue weighted by Crippen LogP contribution is -2.21. The molecule has 0 radical (unpaired) electrons. The maximum atomic E-state index is 12.5. The Labute approximate surface area is 105 Å². The van der Waals surface area contributed by atoms with Gasteiger partial charge in [-0.2, -0.15) is 13.2 Å². The molecule has 0 aromatic carbocycles. The smallest absolute Gasteiger partial charge is 0.396 e. The topological polar surface area (TPSA) is 42.2 Å². The van der Waals surface area contributed by atoms with Crippen molar-refractivity contribution in [3.63, 3.8) is 0 Å². The average molecular weight is 261 g/mol. The summed E-state index contributed by atoms with van der Waals surface area (Å²) in [6.07, 6.45) is -0.341. The van der Waals surface area contributed by atoms with Crippen LogP contribution in [0.5, 0.6) is 0 Å². The fraction of sp³-hybridized carbons (Fsp3) is 0.583. The zero-order valence-corrected chi connectivity index (χ0v) is 10.6. The third-order valence-electron chi connectivity index (χ3n) is 2.71. The maximum Gasteiger partial charge on any atom is 0.433 e. The van der Waals surface area contributed by atoms with Crippen LogP contribution in [-0.4, -0.2) is 18.6 Å². The summed E-state index contributed by atoms with van der Waals surface area (Å²) in [5.41, 5.74) is 5.41. The Balaban J connectivity index is 2.86. The molecule has 1 aromatic rings. The predicted octanol–water partition coefficient (Wildman–Crippen LogP) is 3.31. The molecule has 0 spiro atoms. The van der Waals surface area contributed by atoms with Crippen LogP contribution in [0.25, 0.3) is 0 Å². The molecule has 0 fully saturated rings. The van der Waals surface area contributed by atoms with Crippen LogP contribution in [-0.2, 0) is 6.18 Å². The minimum atomic E-state index is -4.44. The standard InChI is InChI=1S/C12H18F3N3/c1-3-4-5-6-18(2)10-7-11(12(13,14)15)17-8-9(10)16/h7-8H,3-6,16H2,1-2H3. The number of pyridine rings is 1. The van der Waals surface area contributed by atoms with Crippen molar-refractivity contribution in [3.05, 3.63) is 18.0 Å². The summed E-state index contributed by atoms with van der Waals surface area (Å²) in [7, 11) is 1.74. The van der Waals surface area contributed by atoms with Crippen LogP contribution in [0.15, 0.2) is 12.3 Å². The lowest BCUT2D eigenvalue weighted by molar-refractivity contribution is -0.141. The summed E-state index contributed by atoms with van der Waals surface area (Å²) in [5, 5.41) is 0. The number of anilines is 2. The molecule has 0 amide bonds. The van der Waals surface area contributed by atoms with Gasteiger partial charge in [0.05, 0.1) is 17.6 Å². The number of hydrogen-bond donors (Lipinski definition) is 1. The first kappa shape index (κ1) is 14.6. The molecule has 0 unspecified atom stereocenters. The van der Waals surface area contributed by atoms with E-state index in [0.717, 1.165) is 31.5 Å². The Morgan fingerprint density at radius 3 is 2.56 bits per heavy atom. The molecule has 102 valence electrons. The Hall–Kier alpha value is -1.46. The van der Waals surface area contributed by atoms with E-state index in [1.54, 1.807) is 11.9 Å². The molecule has 1 rings (SSSR count).